The molecule has 5 heteroatoms. The van der Waals surface area contributed by atoms with E-state index in [-0.39, 0.29) is 29.7 Å². The Balaban J connectivity index is 1.62. The lowest BCUT2D eigenvalue weighted by Crippen LogP contribution is -2.49. The largest absolute Gasteiger partial charge is 0.491 e. The normalized spacial score (nSPS) is 18.4. The van der Waals surface area contributed by atoms with Crippen molar-refractivity contribution in [3.63, 3.8) is 0 Å². The number of carbonyl (C=O) groups is 1. The number of ether oxygens (including phenoxy) is 2. The van der Waals surface area contributed by atoms with Crippen LogP contribution >= 0.6 is 0 Å². The molecule has 144 valence electrons. The quantitative estimate of drug-likeness (QED) is 0.774. The SMILES string of the molecule is CC(C)C(C(=O)N1CCOC(COc2ccc(F)cc2)C1)c1ccccc1. The van der Waals surface area contributed by atoms with Crippen LogP contribution in [-0.2, 0) is 9.53 Å². The zero-order chi connectivity index (χ0) is 19.2. The highest BCUT2D eigenvalue weighted by molar-refractivity contribution is 5.84. The first-order valence-corrected chi connectivity index (χ1v) is 9.38. The van der Waals surface area contributed by atoms with Crippen LogP contribution < -0.4 is 4.74 Å². The van der Waals surface area contributed by atoms with Gasteiger partial charge in [0.25, 0.3) is 0 Å². The summed E-state index contributed by atoms with van der Waals surface area (Å²) >= 11 is 0. The van der Waals surface area contributed by atoms with Gasteiger partial charge in [-0.2, -0.15) is 0 Å². The second kappa shape index (κ2) is 9.00. The second-order valence-electron chi connectivity index (χ2n) is 7.17. The van der Waals surface area contributed by atoms with Crippen LogP contribution in [0.15, 0.2) is 54.6 Å². The Morgan fingerprint density at radius 2 is 1.89 bits per heavy atom. The van der Waals surface area contributed by atoms with Crippen molar-refractivity contribution in [2.75, 3.05) is 26.3 Å². The molecule has 0 radical (unpaired) electrons. The summed E-state index contributed by atoms with van der Waals surface area (Å²) in [6.45, 7) is 6.05. The topological polar surface area (TPSA) is 38.8 Å². The third-order valence-electron chi connectivity index (χ3n) is 4.79. The van der Waals surface area contributed by atoms with Crippen molar-refractivity contribution < 1.29 is 18.7 Å². The molecule has 2 atom stereocenters. The fraction of sp³-hybridized carbons (Fsp3) is 0.409. The standard InChI is InChI=1S/C22H26FNO3/c1-16(2)21(17-6-4-3-5-7-17)22(25)24-12-13-26-20(14-24)15-27-19-10-8-18(23)9-11-19/h3-11,16,20-21H,12-15H2,1-2H3. The Hall–Kier alpha value is -2.40. The molecule has 1 amide bonds. The summed E-state index contributed by atoms with van der Waals surface area (Å²) in [7, 11) is 0. The van der Waals surface area contributed by atoms with E-state index in [4.69, 9.17) is 9.47 Å². The van der Waals surface area contributed by atoms with Gasteiger partial charge in [0.2, 0.25) is 5.91 Å². The third kappa shape index (κ3) is 5.07. The van der Waals surface area contributed by atoms with Crippen molar-refractivity contribution in [1.29, 1.82) is 0 Å². The first kappa shape index (κ1) is 19.4. The van der Waals surface area contributed by atoms with Gasteiger partial charge in [-0.05, 0) is 35.7 Å². The molecule has 1 fully saturated rings. The van der Waals surface area contributed by atoms with E-state index in [0.29, 0.717) is 32.1 Å². The highest BCUT2D eigenvalue weighted by Gasteiger charge is 2.32. The first-order valence-electron chi connectivity index (χ1n) is 9.38. The van der Waals surface area contributed by atoms with E-state index in [1.54, 1.807) is 12.1 Å². The Labute approximate surface area is 159 Å². The van der Waals surface area contributed by atoms with Crippen molar-refractivity contribution in [2.24, 2.45) is 5.92 Å². The first-order chi connectivity index (χ1) is 13.0. The van der Waals surface area contributed by atoms with Gasteiger partial charge in [0.15, 0.2) is 0 Å². The molecule has 0 saturated carbocycles. The number of hydrogen-bond acceptors (Lipinski definition) is 3. The summed E-state index contributed by atoms with van der Waals surface area (Å²) in [5.41, 5.74) is 1.04. The van der Waals surface area contributed by atoms with Crippen molar-refractivity contribution in [3.8, 4) is 5.75 Å². The minimum Gasteiger partial charge on any atom is -0.491 e. The molecule has 2 unspecified atom stereocenters. The maximum atomic E-state index is 13.2. The maximum Gasteiger partial charge on any atom is 0.230 e. The molecule has 3 rings (SSSR count). The predicted octanol–water partition coefficient (Wildman–Crippen LogP) is 3.87. The van der Waals surface area contributed by atoms with E-state index in [0.717, 1.165) is 5.56 Å². The number of amides is 1. The number of benzene rings is 2. The minimum atomic E-state index is -0.298. The Morgan fingerprint density at radius 1 is 1.19 bits per heavy atom. The van der Waals surface area contributed by atoms with Crippen LogP contribution in [0, 0.1) is 11.7 Å². The molecule has 0 aliphatic carbocycles. The summed E-state index contributed by atoms with van der Waals surface area (Å²) < 4.78 is 24.4. The minimum absolute atomic E-state index is 0.131. The van der Waals surface area contributed by atoms with Gasteiger partial charge in [-0.15, -0.1) is 0 Å². The number of rotatable bonds is 6. The van der Waals surface area contributed by atoms with Crippen LogP contribution in [0.1, 0.15) is 25.3 Å². The second-order valence-corrected chi connectivity index (χ2v) is 7.17. The molecule has 0 bridgehead atoms. The molecule has 2 aromatic carbocycles. The molecule has 1 aliphatic rings. The summed E-state index contributed by atoms with van der Waals surface area (Å²) in [6.07, 6.45) is -0.198. The molecule has 4 nitrogen and oxygen atoms in total. The molecular formula is C22H26FNO3. The number of halogens is 1. The van der Waals surface area contributed by atoms with Crippen molar-refractivity contribution >= 4 is 5.91 Å². The summed E-state index contributed by atoms with van der Waals surface area (Å²) in [5.74, 6) is 0.465. The van der Waals surface area contributed by atoms with E-state index in [2.05, 4.69) is 13.8 Å². The lowest BCUT2D eigenvalue weighted by Gasteiger charge is -2.36. The third-order valence-corrected chi connectivity index (χ3v) is 4.79. The average Bonchev–Trinajstić information content (AvgIpc) is 2.68. The predicted molar refractivity (Wildman–Crippen MR) is 102 cm³/mol. The van der Waals surface area contributed by atoms with Gasteiger partial charge in [-0.25, -0.2) is 4.39 Å². The molecule has 0 spiro atoms. The van der Waals surface area contributed by atoms with Gasteiger partial charge in [0.1, 0.15) is 24.3 Å². The van der Waals surface area contributed by atoms with Crippen molar-refractivity contribution in [2.45, 2.75) is 25.9 Å². The smallest absolute Gasteiger partial charge is 0.230 e. The van der Waals surface area contributed by atoms with Gasteiger partial charge in [0.05, 0.1) is 19.1 Å². The van der Waals surface area contributed by atoms with Gasteiger partial charge >= 0.3 is 0 Å². The van der Waals surface area contributed by atoms with Gasteiger partial charge < -0.3 is 14.4 Å². The van der Waals surface area contributed by atoms with Crippen LogP contribution in [0.5, 0.6) is 5.75 Å². The summed E-state index contributed by atoms with van der Waals surface area (Å²) in [6, 6.07) is 15.8. The monoisotopic (exact) mass is 371 g/mol. The van der Waals surface area contributed by atoms with Crippen LogP contribution in [0.2, 0.25) is 0 Å². The molecule has 1 saturated heterocycles. The van der Waals surface area contributed by atoms with E-state index in [1.165, 1.54) is 12.1 Å². The van der Waals surface area contributed by atoms with E-state index >= 15 is 0 Å². The number of carbonyl (C=O) groups excluding carboxylic acids is 1. The van der Waals surface area contributed by atoms with Crippen molar-refractivity contribution in [3.05, 3.63) is 66.0 Å². The number of hydrogen-bond donors (Lipinski definition) is 0. The number of nitrogens with zero attached hydrogens (tertiary/aromatic N) is 1. The highest BCUT2D eigenvalue weighted by Crippen LogP contribution is 2.27. The molecule has 0 aromatic heterocycles. The summed E-state index contributed by atoms with van der Waals surface area (Å²) in [5, 5.41) is 0. The van der Waals surface area contributed by atoms with E-state index in [9.17, 15) is 9.18 Å². The highest BCUT2D eigenvalue weighted by atomic mass is 19.1. The molecule has 2 aromatic rings. The average molecular weight is 371 g/mol. The van der Waals surface area contributed by atoms with Gasteiger partial charge in [-0.1, -0.05) is 44.2 Å². The van der Waals surface area contributed by atoms with Crippen LogP contribution in [-0.4, -0.2) is 43.2 Å². The Morgan fingerprint density at radius 3 is 2.56 bits per heavy atom. The Kier molecular flexibility index (Phi) is 6.45. The summed E-state index contributed by atoms with van der Waals surface area (Å²) in [4.78, 5) is 15.1. The molecular weight excluding hydrogens is 345 g/mol. The number of morpholine rings is 1. The molecule has 1 heterocycles. The molecule has 27 heavy (non-hydrogen) atoms. The van der Waals surface area contributed by atoms with Crippen LogP contribution in [0.25, 0.3) is 0 Å². The maximum absolute atomic E-state index is 13.2. The fourth-order valence-electron chi connectivity index (χ4n) is 3.41. The van der Waals surface area contributed by atoms with E-state index < -0.39 is 0 Å². The van der Waals surface area contributed by atoms with Crippen LogP contribution in [0.4, 0.5) is 4.39 Å². The zero-order valence-electron chi connectivity index (χ0n) is 15.8. The van der Waals surface area contributed by atoms with E-state index in [1.807, 2.05) is 35.2 Å². The van der Waals surface area contributed by atoms with Crippen LogP contribution in [0.3, 0.4) is 0 Å². The van der Waals surface area contributed by atoms with Gasteiger partial charge in [-0.3, -0.25) is 4.79 Å². The Bertz CT molecular complexity index is 733. The molecule has 1 aliphatic heterocycles. The van der Waals surface area contributed by atoms with Crippen molar-refractivity contribution in [1.82, 2.24) is 4.90 Å². The molecule has 0 N–H and O–H groups in total. The zero-order valence-corrected chi connectivity index (χ0v) is 15.8. The fourth-order valence-corrected chi connectivity index (χ4v) is 3.41. The van der Waals surface area contributed by atoms with Gasteiger partial charge in [0, 0.05) is 6.54 Å². The lowest BCUT2D eigenvalue weighted by molar-refractivity contribution is -0.142. The lowest BCUT2D eigenvalue weighted by atomic mass is 9.87.